The highest BCUT2D eigenvalue weighted by molar-refractivity contribution is 5.84. The van der Waals surface area contributed by atoms with E-state index in [1.165, 1.54) is 20.0 Å². The lowest BCUT2D eigenvalue weighted by atomic mass is 9.94. The van der Waals surface area contributed by atoms with Crippen LogP contribution in [0.3, 0.4) is 0 Å². The zero-order valence-electron chi connectivity index (χ0n) is 11.7. The van der Waals surface area contributed by atoms with E-state index >= 15 is 0 Å². The summed E-state index contributed by atoms with van der Waals surface area (Å²) in [6.07, 6.45) is 3.18. The maximum Gasteiger partial charge on any atom is 0.331 e. The Labute approximate surface area is 114 Å². The molecular formula is C15H21NO3. The minimum Gasteiger partial charge on any atom is -0.495 e. The lowest BCUT2D eigenvalue weighted by molar-refractivity contribution is -0.145. The maximum absolute atomic E-state index is 12.1. The fraction of sp³-hybridized carbons (Fsp3) is 0.533. The number of para-hydroxylation sites is 2. The third-order valence-electron chi connectivity index (χ3n) is 3.55. The molecule has 1 aliphatic rings. The van der Waals surface area contributed by atoms with Crippen molar-refractivity contribution in [2.24, 2.45) is 5.92 Å². The van der Waals surface area contributed by atoms with Crippen LogP contribution in [0, 0.1) is 5.92 Å². The summed E-state index contributed by atoms with van der Waals surface area (Å²) in [5.41, 5.74) is 0.114. The number of esters is 1. The van der Waals surface area contributed by atoms with Gasteiger partial charge in [0.25, 0.3) is 0 Å². The van der Waals surface area contributed by atoms with Gasteiger partial charge in [-0.05, 0) is 31.4 Å². The first kappa shape index (κ1) is 13.7. The summed E-state index contributed by atoms with van der Waals surface area (Å²) >= 11 is 0. The Balaban J connectivity index is 2.21. The fourth-order valence-corrected chi connectivity index (χ4v) is 2.36. The van der Waals surface area contributed by atoms with Crippen molar-refractivity contribution in [1.82, 2.24) is 0 Å². The molecule has 1 aliphatic carbocycles. The Morgan fingerprint density at radius 1 is 1.37 bits per heavy atom. The number of rotatable bonds is 6. The van der Waals surface area contributed by atoms with Gasteiger partial charge in [0.1, 0.15) is 11.3 Å². The van der Waals surface area contributed by atoms with Gasteiger partial charge in [0, 0.05) is 0 Å². The van der Waals surface area contributed by atoms with Gasteiger partial charge in [0.2, 0.25) is 0 Å². The highest BCUT2D eigenvalue weighted by Gasteiger charge is 2.40. The molecule has 1 atom stereocenters. The number of carbonyl (C=O) groups is 1. The lowest BCUT2D eigenvalue weighted by Crippen LogP contribution is -2.44. The van der Waals surface area contributed by atoms with Gasteiger partial charge in [-0.1, -0.05) is 25.0 Å². The van der Waals surface area contributed by atoms with Crippen LogP contribution < -0.4 is 10.1 Å². The third-order valence-corrected chi connectivity index (χ3v) is 3.55. The normalized spacial score (nSPS) is 17.4. The summed E-state index contributed by atoms with van der Waals surface area (Å²) in [7, 11) is 3.05. The van der Waals surface area contributed by atoms with Gasteiger partial charge in [-0.15, -0.1) is 0 Å². The molecule has 0 saturated heterocycles. The summed E-state index contributed by atoms with van der Waals surface area (Å²) in [6.45, 7) is 1.89. The zero-order valence-corrected chi connectivity index (χ0v) is 11.7. The largest absolute Gasteiger partial charge is 0.495 e. The molecule has 1 unspecified atom stereocenters. The molecule has 104 valence electrons. The van der Waals surface area contributed by atoms with Crippen molar-refractivity contribution in [3.8, 4) is 5.75 Å². The van der Waals surface area contributed by atoms with E-state index in [1.807, 2.05) is 31.2 Å². The molecule has 0 aliphatic heterocycles. The molecule has 1 saturated carbocycles. The molecule has 4 heteroatoms. The number of hydrogen-bond donors (Lipinski definition) is 1. The molecule has 1 N–H and O–H groups in total. The molecule has 0 bridgehead atoms. The summed E-state index contributed by atoms with van der Waals surface area (Å²) in [6, 6.07) is 7.60. The average molecular weight is 263 g/mol. The van der Waals surface area contributed by atoms with E-state index in [1.54, 1.807) is 7.11 Å². The standard InChI is InChI=1S/C15H21NO3/c1-15(14(17)19-3,10-11-8-9-11)16-12-6-4-5-7-13(12)18-2/h4-7,11,16H,8-10H2,1-3H3. The van der Waals surface area contributed by atoms with Gasteiger partial charge in [0.05, 0.1) is 19.9 Å². The minimum absolute atomic E-state index is 0.231. The molecule has 19 heavy (non-hydrogen) atoms. The Kier molecular flexibility index (Phi) is 3.98. The molecule has 4 nitrogen and oxygen atoms in total. The van der Waals surface area contributed by atoms with Crippen LogP contribution in [0.1, 0.15) is 26.2 Å². The molecule has 1 aromatic rings. The van der Waals surface area contributed by atoms with E-state index in [9.17, 15) is 4.79 Å². The number of anilines is 1. The first-order valence-corrected chi connectivity index (χ1v) is 6.58. The van der Waals surface area contributed by atoms with Gasteiger partial charge in [0.15, 0.2) is 0 Å². The molecule has 2 rings (SSSR count). The second-order valence-corrected chi connectivity index (χ2v) is 5.30. The van der Waals surface area contributed by atoms with Gasteiger partial charge >= 0.3 is 5.97 Å². The lowest BCUT2D eigenvalue weighted by Gasteiger charge is -2.29. The highest BCUT2D eigenvalue weighted by Crippen LogP contribution is 2.39. The molecular weight excluding hydrogens is 242 g/mol. The highest BCUT2D eigenvalue weighted by atomic mass is 16.5. The summed E-state index contributed by atoms with van der Waals surface area (Å²) in [5.74, 6) is 1.12. The minimum atomic E-state index is -0.704. The van der Waals surface area contributed by atoms with E-state index in [4.69, 9.17) is 9.47 Å². The van der Waals surface area contributed by atoms with Crippen LogP contribution >= 0.6 is 0 Å². The Bertz CT molecular complexity index is 456. The van der Waals surface area contributed by atoms with Crippen molar-refractivity contribution in [2.45, 2.75) is 31.7 Å². The van der Waals surface area contributed by atoms with Crippen LogP contribution in [-0.2, 0) is 9.53 Å². The van der Waals surface area contributed by atoms with Crippen molar-refractivity contribution in [2.75, 3.05) is 19.5 Å². The van der Waals surface area contributed by atoms with Crippen LogP contribution in [0.2, 0.25) is 0 Å². The SMILES string of the molecule is COC(=O)C(C)(CC1CC1)Nc1ccccc1OC. The van der Waals surface area contributed by atoms with Crippen molar-refractivity contribution < 1.29 is 14.3 Å². The number of nitrogens with one attached hydrogen (secondary N) is 1. The first-order chi connectivity index (χ1) is 9.09. The van der Waals surface area contributed by atoms with E-state index in [0.29, 0.717) is 5.92 Å². The molecule has 1 fully saturated rings. The van der Waals surface area contributed by atoms with E-state index in [2.05, 4.69) is 5.32 Å². The van der Waals surface area contributed by atoms with Crippen LogP contribution in [0.15, 0.2) is 24.3 Å². The molecule has 0 radical (unpaired) electrons. The van der Waals surface area contributed by atoms with Gasteiger partial charge in [-0.2, -0.15) is 0 Å². The van der Waals surface area contributed by atoms with Crippen LogP contribution in [-0.4, -0.2) is 25.7 Å². The van der Waals surface area contributed by atoms with Crippen LogP contribution in [0.4, 0.5) is 5.69 Å². The first-order valence-electron chi connectivity index (χ1n) is 6.58. The topological polar surface area (TPSA) is 47.6 Å². The number of ether oxygens (including phenoxy) is 2. The Morgan fingerprint density at radius 2 is 2.05 bits per heavy atom. The number of benzene rings is 1. The van der Waals surface area contributed by atoms with Crippen molar-refractivity contribution in [3.63, 3.8) is 0 Å². The van der Waals surface area contributed by atoms with E-state index in [-0.39, 0.29) is 5.97 Å². The van der Waals surface area contributed by atoms with Crippen molar-refractivity contribution in [1.29, 1.82) is 0 Å². The number of carbonyl (C=O) groups excluding carboxylic acids is 1. The number of hydrogen-bond acceptors (Lipinski definition) is 4. The third kappa shape index (κ3) is 3.19. The van der Waals surface area contributed by atoms with Crippen molar-refractivity contribution in [3.05, 3.63) is 24.3 Å². The fourth-order valence-electron chi connectivity index (χ4n) is 2.36. The maximum atomic E-state index is 12.1. The Hall–Kier alpha value is -1.71. The van der Waals surface area contributed by atoms with Crippen LogP contribution in [0.5, 0.6) is 5.75 Å². The molecule has 0 heterocycles. The molecule has 0 amide bonds. The summed E-state index contributed by atoms with van der Waals surface area (Å²) < 4.78 is 10.3. The smallest absolute Gasteiger partial charge is 0.331 e. The second kappa shape index (κ2) is 5.51. The molecule has 0 aromatic heterocycles. The zero-order chi connectivity index (χ0) is 13.9. The predicted molar refractivity (Wildman–Crippen MR) is 74.4 cm³/mol. The molecule has 1 aromatic carbocycles. The van der Waals surface area contributed by atoms with Gasteiger partial charge in [-0.25, -0.2) is 4.79 Å². The molecule has 0 spiro atoms. The predicted octanol–water partition coefficient (Wildman–Crippen LogP) is 2.84. The van der Waals surface area contributed by atoms with E-state index in [0.717, 1.165) is 17.9 Å². The average Bonchev–Trinajstić information content (AvgIpc) is 3.22. The van der Waals surface area contributed by atoms with Crippen molar-refractivity contribution >= 4 is 11.7 Å². The van der Waals surface area contributed by atoms with E-state index < -0.39 is 5.54 Å². The quantitative estimate of drug-likeness (QED) is 0.802. The van der Waals surface area contributed by atoms with Gasteiger partial charge < -0.3 is 14.8 Å². The summed E-state index contributed by atoms with van der Waals surface area (Å²) in [5, 5.41) is 3.30. The second-order valence-electron chi connectivity index (χ2n) is 5.30. The Morgan fingerprint density at radius 3 is 2.63 bits per heavy atom. The van der Waals surface area contributed by atoms with Crippen LogP contribution in [0.25, 0.3) is 0 Å². The summed E-state index contributed by atoms with van der Waals surface area (Å²) in [4.78, 5) is 12.1. The monoisotopic (exact) mass is 263 g/mol. The van der Waals surface area contributed by atoms with Gasteiger partial charge in [-0.3, -0.25) is 0 Å². The number of methoxy groups -OCH3 is 2.